The zero-order valence-electron chi connectivity index (χ0n) is 12.9. The van der Waals surface area contributed by atoms with Crippen LogP contribution in [0.2, 0.25) is 0 Å². The van der Waals surface area contributed by atoms with Crippen molar-refractivity contribution in [1.82, 2.24) is 10.3 Å². The number of aromatic nitrogens is 1. The molecule has 2 aromatic heterocycles. The van der Waals surface area contributed by atoms with E-state index in [0.29, 0.717) is 12.1 Å². The van der Waals surface area contributed by atoms with E-state index in [-0.39, 0.29) is 0 Å². The van der Waals surface area contributed by atoms with Gasteiger partial charge in [0.25, 0.3) is 0 Å². The predicted octanol–water partition coefficient (Wildman–Crippen LogP) is 4.77. The summed E-state index contributed by atoms with van der Waals surface area (Å²) >= 11 is 1.78. The molecule has 4 rings (SSSR count). The van der Waals surface area contributed by atoms with E-state index in [1.54, 1.807) is 11.3 Å². The first-order chi connectivity index (χ1) is 10.2. The molecule has 0 amide bonds. The maximum absolute atomic E-state index is 4.58. The molecule has 2 aliphatic carbocycles. The van der Waals surface area contributed by atoms with Crippen molar-refractivity contribution in [3.8, 4) is 0 Å². The maximum Gasteiger partial charge on any atom is 0.0809 e. The molecule has 2 bridgehead atoms. The third kappa shape index (κ3) is 2.51. The topological polar surface area (TPSA) is 24.9 Å². The number of rotatable bonds is 4. The van der Waals surface area contributed by atoms with E-state index in [1.165, 1.54) is 35.9 Å². The Morgan fingerprint density at radius 1 is 1.29 bits per heavy atom. The molecular weight excluding hydrogens is 276 g/mol. The van der Waals surface area contributed by atoms with Gasteiger partial charge in [-0.25, -0.2) is 0 Å². The van der Waals surface area contributed by atoms with Gasteiger partial charge in [-0.15, -0.1) is 11.3 Å². The van der Waals surface area contributed by atoms with Crippen LogP contribution in [0.1, 0.15) is 51.1 Å². The van der Waals surface area contributed by atoms with Crippen LogP contribution in [0.15, 0.2) is 23.7 Å². The largest absolute Gasteiger partial charge is 0.307 e. The fourth-order valence-electron chi connectivity index (χ4n) is 4.62. The molecule has 1 N–H and O–H groups in total. The molecule has 5 atom stereocenters. The number of fused-ring (bicyclic) bond motifs is 3. The number of nitrogens with zero attached hydrogens (tertiary/aromatic N) is 1. The molecule has 0 spiro atoms. The summed E-state index contributed by atoms with van der Waals surface area (Å²) in [5.74, 6) is 2.91. The Kier molecular flexibility index (Phi) is 3.50. The molecule has 2 nitrogen and oxygen atoms in total. The summed E-state index contributed by atoms with van der Waals surface area (Å²) in [5.41, 5.74) is 2.44. The van der Waals surface area contributed by atoms with Crippen molar-refractivity contribution in [3.05, 3.63) is 29.3 Å². The van der Waals surface area contributed by atoms with Gasteiger partial charge in [0.2, 0.25) is 0 Å². The van der Waals surface area contributed by atoms with E-state index in [4.69, 9.17) is 0 Å². The molecule has 2 aliphatic rings. The van der Waals surface area contributed by atoms with Crippen LogP contribution in [0.5, 0.6) is 0 Å². The zero-order chi connectivity index (χ0) is 14.4. The molecule has 112 valence electrons. The lowest BCUT2D eigenvalue weighted by Gasteiger charge is -2.31. The second kappa shape index (κ2) is 5.36. The summed E-state index contributed by atoms with van der Waals surface area (Å²) in [6.45, 7) is 4.67. The van der Waals surface area contributed by atoms with Crippen molar-refractivity contribution in [2.24, 2.45) is 17.8 Å². The lowest BCUT2D eigenvalue weighted by molar-refractivity contribution is 0.248. The van der Waals surface area contributed by atoms with Gasteiger partial charge in [-0.2, -0.15) is 0 Å². The van der Waals surface area contributed by atoms with Crippen molar-refractivity contribution in [3.63, 3.8) is 0 Å². The summed E-state index contributed by atoms with van der Waals surface area (Å²) in [4.78, 5) is 4.58. The molecule has 21 heavy (non-hydrogen) atoms. The Hall–Kier alpha value is -0.930. The van der Waals surface area contributed by atoms with E-state index in [2.05, 4.69) is 41.7 Å². The Morgan fingerprint density at radius 3 is 2.95 bits per heavy atom. The third-order valence-electron chi connectivity index (χ3n) is 5.77. The predicted molar refractivity (Wildman–Crippen MR) is 89.6 cm³/mol. The van der Waals surface area contributed by atoms with Crippen LogP contribution < -0.4 is 5.32 Å². The second-order valence-corrected chi connectivity index (χ2v) is 8.04. The highest BCUT2D eigenvalue weighted by atomic mass is 32.1. The van der Waals surface area contributed by atoms with Crippen molar-refractivity contribution in [1.29, 1.82) is 0 Å². The first-order valence-corrected chi connectivity index (χ1v) is 9.18. The molecule has 0 aromatic carbocycles. The van der Waals surface area contributed by atoms with Gasteiger partial charge in [0.05, 0.1) is 10.2 Å². The highest BCUT2D eigenvalue weighted by molar-refractivity contribution is 7.17. The van der Waals surface area contributed by atoms with Gasteiger partial charge in [0.1, 0.15) is 0 Å². The smallest absolute Gasteiger partial charge is 0.0809 e. The minimum Gasteiger partial charge on any atom is -0.307 e. The normalized spacial score (nSPS) is 30.9. The van der Waals surface area contributed by atoms with Gasteiger partial charge in [0.15, 0.2) is 0 Å². The quantitative estimate of drug-likeness (QED) is 0.879. The van der Waals surface area contributed by atoms with E-state index < -0.39 is 0 Å². The number of pyridine rings is 1. The standard InChI is InChI=1S/C18H24N2S/c1-11(15-9-18-17(19-10-15)5-6-21-18)20-12(2)16-8-13-3-4-14(16)7-13/h5-6,9-14,16,20H,3-4,7-8H2,1-2H3. The van der Waals surface area contributed by atoms with Gasteiger partial charge in [-0.3, -0.25) is 4.98 Å². The molecular formula is C18H24N2S. The number of hydrogen-bond donors (Lipinski definition) is 1. The third-order valence-corrected chi connectivity index (χ3v) is 6.62. The van der Waals surface area contributed by atoms with Crippen molar-refractivity contribution < 1.29 is 0 Å². The van der Waals surface area contributed by atoms with E-state index in [1.807, 2.05) is 6.20 Å². The Bertz CT molecular complexity index is 635. The Balaban J connectivity index is 1.45. The first kappa shape index (κ1) is 13.7. The van der Waals surface area contributed by atoms with Gasteiger partial charge in [-0.1, -0.05) is 6.42 Å². The molecule has 0 aliphatic heterocycles. The van der Waals surface area contributed by atoms with Gasteiger partial charge in [0, 0.05) is 18.3 Å². The summed E-state index contributed by atoms with van der Waals surface area (Å²) in [6, 6.07) is 5.41. The van der Waals surface area contributed by atoms with Crippen LogP contribution in [0, 0.1) is 17.8 Å². The minimum absolute atomic E-state index is 0.387. The monoisotopic (exact) mass is 300 g/mol. The Morgan fingerprint density at radius 2 is 2.19 bits per heavy atom. The molecule has 5 unspecified atom stereocenters. The summed E-state index contributed by atoms with van der Waals surface area (Å²) in [7, 11) is 0. The van der Waals surface area contributed by atoms with Crippen molar-refractivity contribution in [2.45, 2.75) is 51.6 Å². The fraction of sp³-hybridized carbons (Fsp3) is 0.611. The Labute approximate surface area is 131 Å². The average Bonchev–Trinajstić information content (AvgIpc) is 3.21. The average molecular weight is 300 g/mol. The SMILES string of the molecule is CC(NC(C)C1CC2CCC1C2)c1cnc2ccsc2c1. The van der Waals surface area contributed by atoms with Gasteiger partial charge >= 0.3 is 0 Å². The summed E-state index contributed by atoms with van der Waals surface area (Å²) in [5, 5.41) is 5.97. The molecule has 2 fully saturated rings. The van der Waals surface area contributed by atoms with Gasteiger partial charge in [-0.05, 0) is 73.9 Å². The number of nitrogens with one attached hydrogen (secondary N) is 1. The van der Waals surface area contributed by atoms with Crippen LogP contribution in [0.25, 0.3) is 10.2 Å². The van der Waals surface area contributed by atoms with Crippen molar-refractivity contribution >= 4 is 21.6 Å². The second-order valence-electron chi connectivity index (χ2n) is 7.09. The lowest BCUT2D eigenvalue weighted by atomic mass is 9.83. The van der Waals surface area contributed by atoms with Crippen LogP contribution in [0.4, 0.5) is 0 Å². The zero-order valence-corrected chi connectivity index (χ0v) is 13.7. The molecule has 0 radical (unpaired) electrons. The fourth-order valence-corrected chi connectivity index (χ4v) is 5.41. The molecule has 3 heteroatoms. The van der Waals surface area contributed by atoms with E-state index in [0.717, 1.165) is 23.3 Å². The molecule has 0 saturated heterocycles. The summed E-state index contributed by atoms with van der Waals surface area (Å²) < 4.78 is 1.30. The van der Waals surface area contributed by atoms with Gasteiger partial charge < -0.3 is 5.32 Å². The first-order valence-electron chi connectivity index (χ1n) is 8.30. The number of thiophene rings is 1. The van der Waals surface area contributed by atoms with E-state index >= 15 is 0 Å². The molecule has 2 saturated carbocycles. The van der Waals surface area contributed by atoms with Crippen LogP contribution in [-0.4, -0.2) is 11.0 Å². The van der Waals surface area contributed by atoms with E-state index in [9.17, 15) is 0 Å². The van der Waals surface area contributed by atoms with Crippen LogP contribution in [0.3, 0.4) is 0 Å². The van der Waals surface area contributed by atoms with Crippen molar-refractivity contribution in [2.75, 3.05) is 0 Å². The highest BCUT2D eigenvalue weighted by Crippen LogP contribution is 2.49. The minimum atomic E-state index is 0.387. The van der Waals surface area contributed by atoms with Crippen LogP contribution in [-0.2, 0) is 0 Å². The maximum atomic E-state index is 4.58. The van der Waals surface area contributed by atoms with Crippen LogP contribution >= 0.6 is 11.3 Å². The summed E-state index contributed by atoms with van der Waals surface area (Å²) in [6.07, 6.45) is 7.95. The lowest BCUT2D eigenvalue weighted by Crippen LogP contribution is -2.37. The molecule has 2 aromatic rings. The highest BCUT2D eigenvalue weighted by Gasteiger charge is 2.41. The molecule has 2 heterocycles. The number of hydrogen-bond acceptors (Lipinski definition) is 3.